The number of anilines is 1. The van der Waals surface area contributed by atoms with Crippen LogP contribution in [0.5, 0.6) is 0 Å². The van der Waals surface area contributed by atoms with E-state index in [1.54, 1.807) is 4.90 Å². The molecule has 2 aliphatic rings. The number of carbonyl (C=O) groups excluding carboxylic acids is 2. The predicted molar refractivity (Wildman–Crippen MR) is 142 cm³/mol. The number of aryl methyl sites for hydroxylation is 1. The molecule has 0 saturated heterocycles. The zero-order chi connectivity index (χ0) is 26.1. The van der Waals surface area contributed by atoms with Crippen LogP contribution in [-0.2, 0) is 22.4 Å². The van der Waals surface area contributed by atoms with Gasteiger partial charge in [0, 0.05) is 24.4 Å². The van der Waals surface area contributed by atoms with Crippen LogP contribution in [0.3, 0.4) is 0 Å². The van der Waals surface area contributed by atoms with Gasteiger partial charge in [0.15, 0.2) is 5.82 Å². The molecule has 2 amide bonds. The molecule has 192 valence electrons. The van der Waals surface area contributed by atoms with Crippen LogP contribution >= 0.6 is 0 Å². The molecule has 0 bridgehead atoms. The fourth-order valence-electron chi connectivity index (χ4n) is 5.50. The van der Waals surface area contributed by atoms with Crippen molar-refractivity contribution in [3.63, 3.8) is 0 Å². The Balaban J connectivity index is 1.12. The van der Waals surface area contributed by atoms with Gasteiger partial charge in [-0.2, -0.15) is 4.98 Å². The first-order valence-corrected chi connectivity index (χ1v) is 12.9. The quantitative estimate of drug-likeness (QED) is 0.369. The molecule has 3 aromatic carbocycles. The number of nitrogens with zero attached hydrogens (tertiary/aromatic N) is 3. The van der Waals surface area contributed by atoms with E-state index in [4.69, 9.17) is 9.26 Å². The normalized spacial score (nSPS) is 15.6. The molecular formula is C30H28N4O4. The minimum Gasteiger partial charge on any atom is -0.449 e. The third-order valence-corrected chi connectivity index (χ3v) is 7.22. The number of carbonyl (C=O) groups is 2. The van der Waals surface area contributed by atoms with Crippen molar-refractivity contribution >= 4 is 17.7 Å². The van der Waals surface area contributed by atoms with Crippen molar-refractivity contribution in [1.82, 2.24) is 15.5 Å². The average Bonchev–Trinajstić information content (AvgIpc) is 3.65. The molecule has 38 heavy (non-hydrogen) atoms. The number of aromatic nitrogens is 2. The average molecular weight is 509 g/mol. The number of hydrogen-bond donors (Lipinski definition) is 1. The summed E-state index contributed by atoms with van der Waals surface area (Å²) in [5.41, 5.74) is 6.41. The van der Waals surface area contributed by atoms with Gasteiger partial charge in [0.05, 0.1) is 0 Å². The molecule has 1 atom stereocenters. The van der Waals surface area contributed by atoms with Crippen molar-refractivity contribution in [1.29, 1.82) is 0 Å². The standard InChI is InChI=1S/C30H28N4O4/c1-2-9-27-32-29(33-38-27)26-16-19-10-3-8-15-25(19)34(26)28(35)17-31-30(36)37-18-24-22-13-6-4-11-20(22)21-12-5-7-14-23(21)24/h3-8,10-15,24,26H,2,9,16-18H2,1H3,(H,31,36). The zero-order valence-corrected chi connectivity index (χ0v) is 21.1. The van der Waals surface area contributed by atoms with Crippen molar-refractivity contribution in [3.8, 4) is 11.1 Å². The van der Waals surface area contributed by atoms with Gasteiger partial charge in [0.25, 0.3) is 0 Å². The fraction of sp³-hybridized carbons (Fsp3) is 0.267. The molecule has 0 spiro atoms. The van der Waals surface area contributed by atoms with Crippen LogP contribution < -0.4 is 10.2 Å². The van der Waals surface area contributed by atoms with Gasteiger partial charge in [-0.15, -0.1) is 0 Å². The van der Waals surface area contributed by atoms with Gasteiger partial charge in [-0.3, -0.25) is 9.69 Å². The Kier molecular flexibility index (Phi) is 6.37. The highest BCUT2D eigenvalue weighted by Gasteiger charge is 2.37. The maximum Gasteiger partial charge on any atom is 0.407 e. The number of alkyl carbamates (subject to hydrolysis) is 1. The second-order valence-corrected chi connectivity index (χ2v) is 9.59. The minimum absolute atomic E-state index is 0.0470. The Morgan fingerprint density at radius 1 is 1.00 bits per heavy atom. The number of hydrogen-bond acceptors (Lipinski definition) is 6. The third-order valence-electron chi connectivity index (χ3n) is 7.22. The van der Waals surface area contributed by atoms with Crippen molar-refractivity contribution in [2.45, 2.75) is 38.1 Å². The maximum absolute atomic E-state index is 13.4. The zero-order valence-electron chi connectivity index (χ0n) is 21.1. The molecule has 8 nitrogen and oxygen atoms in total. The molecule has 4 aromatic rings. The van der Waals surface area contributed by atoms with E-state index in [1.165, 1.54) is 0 Å². The van der Waals surface area contributed by atoms with Crippen LogP contribution in [0.4, 0.5) is 10.5 Å². The molecule has 0 radical (unpaired) electrons. The Morgan fingerprint density at radius 3 is 2.42 bits per heavy atom. The van der Waals surface area contributed by atoms with E-state index in [2.05, 4.69) is 39.7 Å². The number of nitrogens with one attached hydrogen (secondary N) is 1. The first-order chi connectivity index (χ1) is 18.6. The van der Waals surface area contributed by atoms with Crippen molar-refractivity contribution in [2.75, 3.05) is 18.1 Å². The maximum atomic E-state index is 13.4. The number of rotatable bonds is 7. The van der Waals surface area contributed by atoms with E-state index in [0.717, 1.165) is 39.9 Å². The Labute approximate surface area is 220 Å². The lowest BCUT2D eigenvalue weighted by molar-refractivity contribution is -0.118. The van der Waals surface area contributed by atoms with Crippen LogP contribution in [-0.4, -0.2) is 35.3 Å². The van der Waals surface area contributed by atoms with E-state index >= 15 is 0 Å². The number of ether oxygens (including phenoxy) is 1. The molecule has 1 N–H and O–H groups in total. The summed E-state index contributed by atoms with van der Waals surface area (Å²) in [6.07, 6.45) is 1.52. The van der Waals surface area contributed by atoms with Gasteiger partial charge in [-0.05, 0) is 40.3 Å². The monoisotopic (exact) mass is 508 g/mol. The molecule has 2 heterocycles. The van der Waals surface area contributed by atoms with Crippen LogP contribution in [0.2, 0.25) is 0 Å². The Morgan fingerprint density at radius 2 is 1.68 bits per heavy atom. The van der Waals surface area contributed by atoms with Crippen LogP contribution in [0.1, 0.15) is 53.7 Å². The summed E-state index contributed by atoms with van der Waals surface area (Å²) < 4.78 is 11.0. The van der Waals surface area contributed by atoms with Gasteiger partial charge >= 0.3 is 6.09 Å². The Hall–Kier alpha value is -4.46. The lowest BCUT2D eigenvalue weighted by atomic mass is 9.98. The van der Waals surface area contributed by atoms with E-state index in [-0.39, 0.29) is 25.0 Å². The molecule has 8 heteroatoms. The van der Waals surface area contributed by atoms with E-state index in [1.807, 2.05) is 55.5 Å². The van der Waals surface area contributed by atoms with Gasteiger partial charge in [-0.25, -0.2) is 4.79 Å². The third kappa shape index (κ3) is 4.32. The minimum atomic E-state index is -0.631. The lowest BCUT2D eigenvalue weighted by Gasteiger charge is -2.23. The van der Waals surface area contributed by atoms with Crippen LogP contribution in [0.25, 0.3) is 11.1 Å². The largest absolute Gasteiger partial charge is 0.449 e. The topological polar surface area (TPSA) is 97.6 Å². The smallest absolute Gasteiger partial charge is 0.407 e. The highest BCUT2D eigenvalue weighted by atomic mass is 16.5. The number of para-hydroxylation sites is 1. The van der Waals surface area contributed by atoms with E-state index < -0.39 is 12.1 Å². The first-order valence-electron chi connectivity index (χ1n) is 12.9. The van der Waals surface area contributed by atoms with Gasteiger partial charge in [0.2, 0.25) is 11.8 Å². The highest BCUT2D eigenvalue weighted by molar-refractivity contribution is 5.98. The summed E-state index contributed by atoms with van der Waals surface area (Å²) in [5.74, 6) is 0.714. The van der Waals surface area contributed by atoms with Crippen LogP contribution in [0.15, 0.2) is 77.3 Å². The summed E-state index contributed by atoms with van der Waals surface area (Å²) in [6, 6.07) is 23.7. The SMILES string of the molecule is CCCc1nc(C2Cc3ccccc3N2C(=O)CNC(=O)OCC2c3ccccc3-c3ccccc32)no1. The van der Waals surface area contributed by atoms with Crippen LogP contribution in [0, 0.1) is 0 Å². The highest BCUT2D eigenvalue weighted by Crippen LogP contribution is 2.44. The van der Waals surface area contributed by atoms with E-state index in [0.29, 0.717) is 24.6 Å². The van der Waals surface area contributed by atoms with Gasteiger partial charge in [-0.1, -0.05) is 78.8 Å². The summed E-state index contributed by atoms with van der Waals surface area (Å²) in [6.45, 7) is 2.02. The molecule has 0 saturated carbocycles. The summed E-state index contributed by atoms with van der Waals surface area (Å²) in [7, 11) is 0. The van der Waals surface area contributed by atoms with Gasteiger partial charge < -0.3 is 14.6 Å². The molecule has 1 aliphatic heterocycles. The van der Waals surface area contributed by atoms with Gasteiger partial charge in [0.1, 0.15) is 19.2 Å². The molecule has 1 unspecified atom stereocenters. The fourth-order valence-corrected chi connectivity index (χ4v) is 5.50. The summed E-state index contributed by atoms with van der Waals surface area (Å²) >= 11 is 0. The molecule has 6 rings (SSSR count). The molecule has 1 aliphatic carbocycles. The van der Waals surface area contributed by atoms with E-state index in [9.17, 15) is 9.59 Å². The summed E-state index contributed by atoms with van der Waals surface area (Å²) in [4.78, 5) is 32.2. The second kappa shape index (κ2) is 10.1. The molecular weight excluding hydrogens is 480 g/mol. The summed E-state index contributed by atoms with van der Waals surface area (Å²) in [5, 5.41) is 6.79. The van der Waals surface area contributed by atoms with Crippen molar-refractivity contribution in [3.05, 3.63) is 101 Å². The Bertz CT molecular complexity index is 1450. The molecule has 0 fully saturated rings. The van der Waals surface area contributed by atoms with Crippen molar-refractivity contribution in [2.24, 2.45) is 0 Å². The number of amides is 2. The number of benzene rings is 3. The predicted octanol–water partition coefficient (Wildman–Crippen LogP) is 5.19. The number of fused-ring (bicyclic) bond motifs is 4. The molecule has 1 aromatic heterocycles. The first kappa shape index (κ1) is 23.9. The second-order valence-electron chi connectivity index (χ2n) is 9.59. The van der Waals surface area contributed by atoms with Crippen molar-refractivity contribution < 1.29 is 18.8 Å². The lowest BCUT2D eigenvalue weighted by Crippen LogP contribution is -2.41.